The highest BCUT2D eigenvalue weighted by atomic mass is 14.9. The predicted octanol–water partition coefficient (Wildman–Crippen LogP) is 2.30. The molecular weight excluding hydrogens is 122 g/mol. The van der Waals surface area contributed by atoms with E-state index in [1.165, 1.54) is 32.2 Å². The molecule has 0 spiro atoms. The predicted molar refractivity (Wildman–Crippen MR) is 44.8 cm³/mol. The smallest absolute Gasteiger partial charge is 0.0204 e. The Hall–Kier alpha value is -0.460. The highest BCUT2D eigenvalue weighted by molar-refractivity contribution is 4.95. The number of hydrogen-bond donors (Lipinski definition) is 1. The highest BCUT2D eigenvalue weighted by Crippen LogP contribution is 2.12. The second-order valence-corrected chi connectivity index (χ2v) is 3.02. The van der Waals surface area contributed by atoms with Crippen LogP contribution in [0.4, 0.5) is 0 Å². The molecule has 0 aromatic carbocycles. The number of rotatable bonds is 4. The van der Waals surface area contributed by atoms with Crippen molar-refractivity contribution >= 4 is 0 Å². The summed E-state index contributed by atoms with van der Waals surface area (Å²) in [6.07, 6.45) is 9.87. The van der Waals surface area contributed by atoms with Crippen LogP contribution in [0.25, 0.3) is 0 Å². The van der Waals surface area contributed by atoms with Gasteiger partial charge in [-0.25, -0.2) is 0 Å². The SMILES string of the molecule is CCCCCC1C=CNC1. The lowest BCUT2D eigenvalue weighted by Gasteiger charge is -2.04. The summed E-state index contributed by atoms with van der Waals surface area (Å²) in [5.41, 5.74) is 0. The van der Waals surface area contributed by atoms with Gasteiger partial charge < -0.3 is 5.32 Å². The molecule has 1 aliphatic heterocycles. The van der Waals surface area contributed by atoms with Crippen LogP contribution in [0.1, 0.15) is 32.6 Å². The molecule has 0 radical (unpaired) electrons. The Morgan fingerprint density at radius 1 is 1.50 bits per heavy atom. The average molecular weight is 139 g/mol. The van der Waals surface area contributed by atoms with Crippen LogP contribution >= 0.6 is 0 Å². The third-order valence-corrected chi connectivity index (χ3v) is 2.04. The van der Waals surface area contributed by atoms with E-state index in [0.717, 1.165) is 5.92 Å². The summed E-state index contributed by atoms with van der Waals surface area (Å²) in [5, 5.41) is 3.22. The van der Waals surface area contributed by atoms with Crippen LogP contribution in [0.5, 0.6) is 0 Å². The third-order valence-electron chi connectivity index (χ3n) is 2.04. The Labute approximate surface area is 63.5 Å². The van der Waals surface area contributed by atoms with Crippen molar-refractivity contribution in [3.05, 3.63) is 12.3 Å². The van der Waals surface area contributed by atoms with Gasteiger partial charge in [-0.05, 0) is 18.5 Å². The highest BCUT2D eigenvalue weighted by Gasteiger charge is 2.06. The van der Waals surface area contributed by atoms with Crippen LogP contribution < -0.4 is 5.32 Å². The van der Waals surface area contributed by atoms with E-state index in [9.17, 15) is 0 Å². The molecule has 58 valence electrons. The normalized spacial score (nSPS) is 23.1. The van der Waals surface area contributed by atoms with E-state index in [1.807, 2.05) is 0 Å². The van der Waals surface area contributed by atoms with Crippen molar-refractivity contribution in [1.29, 1.82) is 0 Å². The first-order valence-electron chi connectivity index (χ1n) is 4.33. The molecular formula is C9H17N. The summed E-state index contributed by atoms with van der Waals surface area (Å²) in [5.74, 6) is 0.826. The van der Waals surface area contributed by atoms with E-state index in [-0.39, 0.29) is 0 Å². The lowest BCUT2D eigenvalue weighted by molar-refractivity contribution is 0.547. The van der Waals surface area contributed by atoms with Crippen molar-refractivity contribution in [1.82, 2.24) is 5.32 Å². The summed E-state index contributed by atoms with van der Waals surface area (Å²) >= 11 is 0. The fourth-order valence-corrected chi connectivity index (χ4v) is 1.35. The van der Waals surface area contributed by atoms with Crippen LogP contribution in [0, 0.1) is 5.92 Å². The first-order chi connectivity index (χ1) is 4.93. The number of unbranched alkanes of at least 4 members (excludes halogenated alkanes) is 2. The molecule has 1 heterocycles. The molecule has 0 saturated heterocycles. The largest absolute Gasteiger partial charge is 0.391 e. The van der Waals surface area contributed by atoms with Crippen LogP contribution in [0.3, 0.4) is 0 Å². The summed E-state index contributed by atoms with van der Waals surface area (Å²) < 4.78 is 0. The van der Waals surface area contributed by atoms with Crippen molar-refractivity contribution < 1.29 is 0 Å². The zero-order valence-corrected chi connectivity index (χ0v) is 6.77. The van der Waals surface area contributed by atoms with Crippen LogP contribution in [-0.4, -0.2) is 6.54 Å². The second kappa shape index (κ2) is 4.37. The summed E-state index contributed by atoms with van der Waals surface area (Å²) in [6, 6.07) is 0. The van der Waals surface area contributed by atoms with Crippen LogP contribution in [-0.2, 0) is 0 Å². The van der Waals surface area contributed by atoms with Crippen molar-refractivity contribution in [2.24, 2.45) is 5.92 Å². The molecule has 1 rings (SSSR count). The Bertz CT molecular complexity index is 107. The maximum Gasteiger partial charge on any atom is 0.0204 e. The van der Waals surface area contributed by atoms with Crippen molar-refractivity contribution in [3.63, 3.8) is 0 Å². The van der Waals surface area contributed by atoms with Crippen molar-refractivity contribution in [2.45, 2.75) is 32.6 Å². The molecule has 0 aromatic heterocycles. The van der Waals surface area contributed by atoms with Crippen LogP contribution in [0.15, 0.2) is 12.3 Å². The molecule has 0 bridgehead atoms. The first kappa shape index (κ1) is 7.64. The minimum Gasteiger partial charge on any atom is -0.391 e. The van der Waals surface area contributed by atoms with Crippen LogP contribution in [0.2, 0.25) is 0 Å². The molecule has 1 heteroatoms. The van der Waals surface area contributed by atoms with Gasteiger partial charge in [-0.3, -0.25) is 0 Å². The molecule has 1 unspecified atom stereocenters. The molecule has 0 fully saturated rings. The molecule has 0 saturated carbocycles. The summed E-state index contributed by atoms with van der Waals surface area (Å²) in [4.78, 5) is 0. The minimum absolute atomic E-state index is 0.826. The van der Waals surface area contributed by atoms with Gasteiger partial charge in [-0.1, -0.05) is 32.3 Å². The van der Waals surface area contributed by atoms with Gasteiger partial charge in [-0.15, -0.1) is 0 Å². The molecule has 0 aliphatic carbocycles. The third kappa shape index (κ3) is 2.42. The van der Waals surface area contributed by atoms with Gasteiger partial charge in [0.15, 0.2) is 0 Å². The zero-order chi connectivity index (χ0) is 7.23. The van der Waals surface area contributed by atoms with E-state index < -0.39 is 0 Å². The monoisotopic (exact) mass is 139 g/mol. The molecule has 1 atom stereocenters. The van der Waals surface area contributed by atoms with Gasteiger partial charge in [0.2, 0.25) is 0 Å². The van der Waals surface area contributed by atoms with Crippen molar-refractivity contribution in [3.8, 4) is 0 Å². The van der Waals surface area contributed by atoms with E-state index >= 15 is 0 Å². The lowest BCUT2D eigenvalue weighted by Crippen LogP contribution is -2.08. The van der Waals surface area contributed by atoms with Gasteiger partial charge in [0.1, 0.15) is 0 Å². The van der Waals surface area contributed by atoms with Crippen molar-refractivity contribution in [2.75, 3.05) is 6.54 Å². The standard InChI is InChI=1S/C9H17N/c1-2-3-4-5-9-6-7-10-8-9/h6-7,9-10H,2-5,8H2,1H3. The summed E-state index contributed by atoms with van der Waals surface area (Å²) in [7, 11) is 0. The molecule has 1 aliphatic rings. The molecule has 0 aromatic rings. The number of nitrogens with one attached hydrogen (secondary N) is 1. The van der Waals surface area contributed by atoms with E-state index in [2.05, 4.69) is 24.5 Å². The molecule has 1 nitrogen and oxygen atoms in total. The van der Waals surface area contributed by atoms with E-state index in [1.54, 1.807) is 0 Å². The van der Waals surface area contributed by atoms with Gasteiger partial charge >= 0.3 is 0 Å². The van der Waals surface area contributed by atoms with Gasteiger partial charge in [0.05, 0.1) is 0 Å². The van der Waals surface area contributed by atoms with Gasteiger partial charge in [-0.2, -0.15) is 0 Å². The molecule has 10 heavy (non-hydrogen) atoms. The Balaban J connectivity index is 1.97. The first-order valence-corrected chi connectivity index (χ1v) is 4.33. The van der Waals surface area contributed by atoms with E-state index in [4.69, 9.17) is 0 Å². The Kier molecular flexibility index (Phi) is 3.34. The Morgan fingerprint density at radius 3 is 3.00 bits per heavy atom. The maximum atomic E-state index is 3.22. The lowest BCUT2D eigenvalue weighted by atomic mass is 10.0. The molecule has 0 amide bonds. The maximum absolute atomic E-state index is 3.22. The number of hydrogen-bond acceptors (Lipinski definition) is 1. The quantitative estimate of drug-likeness (QED) is 0.589. The Morgan fingerprint density at radius 2 is 2.40 bits per heavy atom. The van der Waals surface area contributed by atoms with E-state index in [0.29, 0.717) is 0 Å². The average Bonchev–Trinajstić information content (AvgIpc) is 2.41. The topological polar surface area (TPSA) is 12.0 Å². The fourth-order valence-electron chi connectivity index (χ4n) is 1.35. The minimum atomic E-state index is 0.826. The van der Waals surface area contributed by atoms with Gasteiger partial charge in [0.25, 0.3) is 0 Å². The summed E-state index contributed by atoms with van der Waals surface area (Å²) in [6.45, 7) is 3.42. The second-order valence-electron chi connectivity index (χ2n) is 3.02. The fraction of sp³-hybridized carbons (Fsp3) is 0.778. The van der Waals surface area contributed by atoms with Gasteiger partial charge in [0, 0.05) is 6.54 Å². The molecule has 1 N–H and O–H groups in total. The zero-order valence-electron chi connectivity index (χ0n) is 6.77.